The lowest BCUT2D eigenvalue weighted by Crippen LogP contribution is -2.29. The largest absolute Gasteiger partial charge is 0.484 e. The number of benzene rings is 1. The van der Waals surface area contributed by atoms with Gasteiger partial charge in [-0.05, 0) is 12.1 Å². The van der Waals surface area contributed by atoms with Crippen molar-refractivity contribution in [1.29, 1.82) is 0 Å². The summed E-state index contributed by atoms with van der Waals surface area (Å²) in [6, 6.07) is 7.99. The molecule has 0 fully saturated rings. The summed E-state index contributed by atoms with van der Waals surface area (Å²) < 4.78 is 5.72. The molecule has 1 aliphatic rings. The van der Waals surface area contributed by atoms with E-state index in [2.05, 4.69) is 23.6 Å². The minimum absolute atomic E-state index is 0.0732. The van der Waals surface area contributed by atoms with E-state index in [1.807, 2.05) is 30.3 Å². The van der Waals surface area contributed by atoms with Gasteiger partial charge in [-0.1, -0.05) is 36.5 Å². The molecule has 3 heteroatoms. The predicted octanol–water partition coefficient (Wildman–Crippen LogP) is 2.01. The molecule has 72 valence electrons. The summed E-state index contributed by atoms with van der Waals surface area (Å²) >= 11 is 4.68. The first-order valence-electron chi connectivity index (χ1n) is 4.51. The quantitative estimate of drug-likeness (QED) is 0.763. The van der Waals surface area contributed by atoms with Crippen molar-refractivity contribution >= 4 is 23.8 Å². The number of fused-ring (bicyclic) bond motifs is 1. The third kappa shape index (κ3) is 1.93. The first kappa shape index (κ1) is 9.21. The zero-order valence-electron chi connectivity index (χ0n) is 7.64. The topological polar surface area (TPSA) is 21.3 Å². The third-order valence-corrected chi connectivity index (χ3v) is 2.26. The van der Waals surface area contributed by atoms with E-state index in [1.165, 1.54) is 5.49 Å². The van der Waals surface area contributed by atoms with Crippen LogP contribution >= 0.6 is 12.2 Å². The SMILES string of the molecule is S=CNCC1C=Cc2ccccc2O1. The summed E-state index contributed by atoms with van der Waals surface area (Å²) in [6.45, 7) is 0.717. The van der Waals surface area contributed by atoms with Gasteiger partial charge in [-0.25, -0.2) is 0 Å². The number of rotatable bonds is 3. The molecular formula is C11H11NOS. The van der Waals surface area contributed by atoms with E-state index in [1.54, 1.807) is 0 Å². The van der Waals surface area contributed by atoms with Gasteiger partial charge in [0.1, 0.15) is 11.9 Å². The average Bonchev–Trinajstić information content (AvgIpc) is 2.26. The molecule has 0 aliphatic carbocycles. The Bertz CT molecular complexity index is 362. The molecule has 0 saturated heterocycles. The maximum absolute atomic E-state index is 5.72. The lowest BCUT2D eigenvalue weighted by Gasteiger charge is -2.20. The molecule has 0 bridgehead atoms. The van der Waals surface area contributed by atoms with E-state index in [9.17, 15) is 0 Å². The summed E-state index contributed by atoms with van der Waals surface area (Å²) in [5.74, 6) is 0.936. The fraction of sp³-hybridized carbons (Fsp3) is 0.182. The van der Waals surface area contributed by atoms with Gasteiger partial charge >= 0.3 is 0 Å². The van der Waals surface area contributed by atoms with Gasteiger partial charge in [-0.2, -0.15) is 0 Å². The number of ether oxygens (including phenoxy) is 1. The van der Waals surface area contributed by atoms with Gasteiger partial charge in [0.05, 0.1) is 12.0 Å². The molecule has 1 aromatic carbocycles. The van der Waals surface area contributed by atoms with Gasteiger partial charge in [0, 0.05) is 5.56 Å². The predicted molar refractivity (Wildman–Crippen MR) is 61.5 cm³/mol. The minimum Gasteiger partial charge on any atom is -0.484 e. The summed E-state index contributed by atoms with van der Waals surface area (Å²) in [5, 5.41) is 2.96. The molecule has 14 heavy (non-hydrogen) atoms. The van der Waals surface area contributed by atoms with Crippen molar-refractivity contribution in [3.05, 3.63) is 35.9 Å². The number of para-hydroxylation sites is 1. The Morgan fingerprint density at radius 1 is 1.43 bits per heavy atom. The lowest BCUT2D eigenvalue weighted by molar-refractivity contribution is 0.248. The number of hydrogen-bond donors (Lipinski definition) is 1. The van der Waals surface area contributed by atoms with Crippen LogP contribution in [0.5, 0.6) is 5.75 Å². The minimum atomic E-state index is 0.0732. The molecule has 1 atom stereocenters. The molecular weight excluding hydrogens is 194 g/mol. The molecule has 0 saturated carbocycles. The molecule has 0 aromatic heterocycles. The molecule has 1 N–H and O–H groups in total. The second-order valence-electron chi connectivity index (χ2n) is 3.08. The second kappa shape index (κ2) is 4.24. The Hall–Kier alpha value is -1.35. The van der Waals surface area contributed by atoms with Crippen molar-refractivity contribution in [1.82, 2.24) is 5.32 Å². The van der Waals surface area contributed by atoms with Crippen LogP contribution < -0.4 is 10.1 Å². The second-order valence-corrected chi connectivity index (χ2v) is 3.32. The Balaban J connectivity index is 2.09. The molecule has 1 aliphatic heterocycles. The van der Waals surface area contributed by atoms with Crippen LogP contribution in [0.25, 0.3) is 6.08 Å². The van der Waals surface area contributed by atoms with Crippen LogP contribution in [0, 0.1) is 0 Å². The molecule has 1 aromatic rings. The Kier molecular flexibility index (Phi) is 2.79. The molecule has 0 amide bonds. The van der Waals surface area contributed by atoms with Gasteiger partial charge in [-0.15, -0.1) is 0 Å². The molecule has 0 radical (unpaired) electrons. The Morgan fingerprint density at radius 2 is 2.29 bits per heavy atom. The van der Waals surface area contributed by atoms with Crippen molar-refractivity contribution < 1.29 is 4.74 Å². The standard InChI is InChI=1S/C11H11NOS/c14-8-12-7-10-6-5-9-3-1-2-4-11(9)13-10/h1-6,8,10H,7H2,(H,12,14). The summed E-state index contributed by atoms with van der Waals surface area (Å²) in [6.07, 6.45) is 4.19. The van der Waals surface area contributed by atoms with Crippen LogP contribution in [-0.2, 0) is 0 Å². The maximum Gasteiger partial charge on any atom is 0.134 e. The van der Waals surface area contributed by atoms with E-state index in [0.717, 1.165) is 11.3 Å². The highest BCUT2D eigenvalue weighted by atomic mass is 32.1. The highest BCUT2D eigenvalue weighted by Crippen LogP contribution is 2.24. The van der Waals surface area contributed by atoms with Gasteiger partial charge < -0.3 is 10.1 Å². The highest BCUT2D eigenvalue weighted by Gasteiger charge is 2.12. The van der Waals surface area contributed by atoms with Crippen LogP contribution in [0.2, 0.25) is 0 Å². The summed E-state index contributed by atoms with van der Waals surface area (Å²) in [7, 11) is 0. The van der Waals surface area contributed by atoms with E-state index in [4.69, 9.17) is 4.74 Å². The van der Waals surface area contributed by atoms with Crippen LogP contribution in [0.1, 0.15) is 5.56 Å². The smallest absolute Gasteiger partial charge is 0.134 e. The van der Waals surface area contributed by atoms with Crippen LogP contribution in [0.4, 0.5) is 0 Å². The summed E-state index contributed by atoms with van der Waals surface area (Å²) in [4.78, 5) is 0. The van der Waals surface area contributed by atoms with Crippen molar-refractivity contribution in [2.75, 3.05) is 6.54 Å². The van der Waals surface area contributed by atoms with E-state index >= 15 is 0 Å². The zero-order chi connectivity index (χ0) is 9.80. The van der Waals surface area contributed by atoms with E-state index < -0.39 is 0 Å². The first-order valence-corrected chi connectivity index (χ1v) is 4.98. The van der Waals surface area contributed by atoms with Gasteiger partial charge in [0.25, 0.3) is 0 Å². The Labute approximate surface area is 88.6 Å². The van der Waals surface area contributed by atoms with Crippen molar-refractivity contribution in [3.63, 3.8) is 0 Å². The fourth-order valence-corrected chi connectivity index (χ4v) is 1.51. The highest BCUT2D eigenvalue weighted by molar-refractivity contribution is 7.78. The maximum atomic E-state index is 5.72. The van der Waals surface area contributed by atoms with E-state index in [-0.39, 0.29) is 6.10 Å². The summed E-state index contributed by atoms with van der Waals surface area (Å²) in [5.41, 5.74) is 2.64. The number of thiocarbonyl (C=S) groups is 1. The molecule has 2 nitrogen and oxygen atoms in total. The van der Waals surface area contributed by atoms with Crippen LogP contribution in [0.15, 0.2) is 30.3 Å². The van der Waals surface area contributed by atoms with Crippen LogP contribution in [-0.4, -0.2) is 18.1 Å². The Morgan fingerprint density at radius 3 is 3.14 bits per heavy atom. The van der Waals surface area contributed by atoms with Crippen molar-refractivity contribution in [2.45, 2.75) is 6.10 Å². The molecule has 1 heterocycles. The molecule has 2 rings (SSSR count). The van der Waals surface area contributed by atoms with Gasteiger partial charge in [0.15, 0.2) is 0 Å². The third-order valence-electron chi connectivity index (χ3n) is 2.09. The first-order chi connectivity index (χ1) is 6.90. The fourth-order valence-electron chi connectivity index (χ4n) is 1.41. The molecule has 1 unspecified atom stereocenters. The number of nitrogens with one attached hydrogen (secondary N) is 1. The van der Waals surface area contributed by atoms with Crippen molar-refractivity contribution in [3.8, 4) is 5.75 Å². The average molecular weight is 205 g/mol. The zero-order valence-corrected chi connectivity index (χ0v) is 8.46. The monoisotopic (exact) mass is 205 g/mol. The van der Waals surface area contributed by atoms with Crippen LogP contribution in [0.3, 0.4) is 0 Å². The molecule has 0 spiro atoms. The van der Waals surface area contributed by atoms with Gasteiger partial charge in [0.2, 0.25) is 0 Å². The number of hydrogen-bond acceptors (Lipinski definition) is 2. The lowest BCUT2D eigenvalue weighted by atomic mass is 10.1. The van der Waals surface area contributed by atoms with Crippen molar-refractivity contribution in [2.24, 2.45) is 0 Å². The normalized spacial score (nSPS) is 18.1. The van der Waals surface area contributed by atoms with Gasteiger partial charge in [-0.3, -0.25) is 0 Å². The van der Waals surface area contributed by atoms with E-state index in [0.29, 0.717) is 6.54 Å².